The topological polar surface area (TPSA) is 51.5 Å². The van der Waals surface area contributed by atoms with Gasteiger partial charge in [-0.15, -0.1) is 0 Å². The fourth-order valence-electron chi connectivity index (χ4n) is 3.36. The molecular weight excluding hydrogens is 266 g/mol. The molecular formula is C17H19NO3. The Morgan fingerprint density at radius 2 is 1.95 bits per heavy atom. The van der Waals surface area contributed by atoms with Gasteiger partial charge < -0.3 is 14.4 Å². The normalized spacial score (nSPS) is 13.8. The molecule has 0 radical (unpaired) electrons. The van der Waals surface area contributed by atoms with Crippen molar-refractivity contribution in [3.05, 3.63) is 46.8 Å². The van der Waals surface area contributed by atoms with Gasteiger partial charge in [-0.3, -0.25) is 0 Å². The number of rotatable bonds is 3. The monoisotopic (exact) mass is 285 g/mol. The molecule has 2 aromatic rings. The maximum Gasteiger partial charge on any atom is 0.337 e. The van der Waals surface area contributed by atoms with Gasteiger partial charge in [0.25, 0.3) is 0 Å². The van der Waals surface area contributed by atoms with Crippen molar-refractivity contribution in [3.8, 4) is 11.4 Å². The molecule has 1 aliphatic rings. The number of aromatic nitrogens is 1. The highest BCUT2D eigenvalue weighted by molar-refractivity contribution is 5.92. The van der Waals surface area contributed by atoms with Crippen LogP contribution in [0.3, 0.4) is 0 Å². The van der Waals surface area contributed by atoms with E-state index in [1.165, 1.54) is 0 Å². The summed E-state index contributed by atoms with van der Waals surface area (Å²) < 4.78 is 7.51. The van der Waals surface area contributed by atoms with E-state index in [2.05, 4.69) is 4.57 Å². The number of hydrogen-bond acceptors (Lipinski definition) is 2. The summed E-state index contributed by atoms with van der Waals surface area (Å²) in [5.74, 6) is -0.0692. The highest BCUT2D eigenvalue weighted by Gasteiger charge is 2.27. The number of carbonyl (C=O) groups is 1. The van der Waals surface area contributed by atoms with E-state index in [9.17, 15) is 9.90 Å². The molecule has 0 fully saturated rings. The van der Waals surface area contributed by atoms with Gasteiger partial charge in [0, 0.05) is 11.4 Å². The van der Waals surface area contributed by atoms with Crippen molar-refractivity contribution in [2.45, 2.75) is 32.6 Å². The second-order valence-electron chi connectivity index (χ2n) is 5.41. The Morgan fingerprint density at radius 1 is 1.24 bits per heavy atom. The van der Waals surface area contributed by atoms with Gasteiger partial charge in [0.2, 0.25) is 0 Å². The van der Waals surface area contributed by atoms with Crippen LogP contribution < -0.4 is 4.74 Å². The Hall–Kier alpha value is -2.23. The van der Waals surface area contributed by atoms with Gasteiger partial charge in [0.05, 0.1) is 18.4 Å². The van der Waals surface area contributed by atoms with Crippen LogP contribution in [0.5, 0.6) is 5.75 Å². The van der Waals surface area contributed by atoms with Crippen molar-refractivity contribution in [1.82, 2.24) is 4.57 Å². The number of aromatic carboxylic acids is 1. The molecule has 4 nitrogen and oxygen atoms in total. The summed E-state index contributed by atoms with van der Waals surface area (Å²) >= 11 is 0. The summed E-state index contributed by atoms with van der Waals surface area (Å²) in [6.45, 7) is 1.88. The number of benzene rings is 1. The van der Waals surface area contributed by atoms with E-state index in [-0.39, 0.29) is 0 Å². The fraction of sp³-hybridized carbons (Fsp3) is 0.353. The smallest absolute Gasteiger partial charge is 0.337 e. The molecule has 1 aromatic heterocycles. The first kappa shape index (κ1) is 13.7. The standard InChI is InChI=1S/C17H19NO3/c1-11-16(17(19)20)12-7-3-4-8-13(12)18(11)14-9-5-6-10-15(14)21-2/h5-6,9-10H,3-4,7-8H2,1-2H3,(H,19,20). The number of hydrogen-bond donors (Lipinski definition) is 1. The minimum atomic E-state index is -0.834. The van der Waals surface area contributed by atoms with Crippen LogP contribution in [0.25, 0.3) is 5.69 Å². The Morgan fingerprint density at radius 3 is 2.67 bits per heavy atom. The summed E-state index contributed by atoms with van der Waals surface area (Å²) in [4.78, 5) is 11.6. The number of ether oxygens (including phenoxy) is 1. The second kappa shape index (κ2) is 5.28. The minimum absolute atomic E-state index is 0.468. The number of nitrogens with zero attached hydrogens (tertiary/aromatic N) is 1. The molecule has 1 aliphatic carbocycles. The molecule has 0 saturated carbocycles. The van der Waals surface area contributed by atoms with Crippen LogP contribution in [0.1, 0.15) is 40.2 Å². The van der Waals surface area contributed by atoms with Crippen LogP contribution >= 0.6 is 0 Å². The predicted molar refractivity (Wildman–Crippen MR) is 80.7 cm³/mol. The van der Waals surface area contributed by atoms with E-state index in [0.29, 0.717) is 5.56 Å². The van der Waals surface area contributed by atoms with Crippen LogP contribution in [0.2, 0.25) is 0 Å². The van der Waals surface area contributed by atoms with Crippen LogP contribution in [-0.2, 0) is 12.8 Å². The molecule has 0 saturated heterocycles. The molecule has 0 bridgehead atoms. The maximum atomic E-state index is 11.6. The van der Waals surface area contributed by atoms with E-state index in [1.807, 2.05) is 31.2 Å². The van der Waals surface area contributed by atoms with Crippen molar-refractivity contribution < 1.29 is 14.6 Å². The molecule has 3 rings (SSSR count). The first-order valence-electron chi connectivity index (χ1n) is 7.25. The Kier molecular flexibility index (Phi) is 3.45. The second-order valence-corrected chi connectivity index (χ2v) is 5.41. The SMILES string of the molecule is COc1ccccc1-n1c(C)c(C(=O)O)c2c1CCCC2. The van der Waals surface area contributed by atoms with Gasteiger partial charge in [-0.2, -0.15) is 0 Å². The van der Waals surface area contributed by atoms with Gasteiger partial charge in [0.15, 0.2) is 0 Å². The van der Waals surface area contributed by atoms with Crippen LogP contribution in [0.15, 0.2) is 24.3 Å². The molecule has 110 valence electrons. The Bertz CT molecular complexity index is 700. The highest BCUT2D eigenvalue weighted by atomic mass is 16.5. The van der Waals surface area contributed by atoms with Gasteiger partial charge in [0.1, 0.15) is 5.75 Å². The van der Waals surface area contributed by atoms with E-state index in [1.54, 1.807) is 7.11 Å². The zero-order valence-electron chi connectivity index (χ0n) is 12.3. The fourth-order valence-corrected chi connectivity index (χ4v) is 3.36. The van der Waals surface area contributed by atoms with Crippen molar-refractivity contribution in [2.24, 2.45) is 0 Å². The third-order valence-corrected chi connectivity index (χ3v) is 4.25. The largest absolute Gasteiger partial charge is 0.495 e. The maximum absolute atomic E-state index is 11.6. The molecule has 0 spiro atoms. The summed E-state index contributed by atoms with van der Waals surface area (Å²) in [7, 11) is 1.64. The zero-order valence-corrected chi connectivity index (χ0v) is 12.3. The number of carboxylic acids is 1. The van der Waals surface area contributed by atoms with Crippen LogP contribution in [0, 0.1) is 6.92 Å². The summed E-state index contributed by atoms with van der Waals surface area (Å²) in [6, 6.07) is 7.76. The summed E-state index contributed by atoms with van der Waals surface area (Å²) in [5, 5.41) is 9.56. The lowest BCUT2D eigenvalue weighted by Gasteiger charge is -2.18. The van der Waals surface area contributed by atoms with E-state index < -0.39 is 5.97 Å². The third-order valence-electron chi connectivity index (χ3n) is 4.25. The average molecular weight is 285 g/mol. The molecule has 0 aliphatic heterocycles. The number of methoxy groups -OCH3 is 1. The van der Waals surface area contributed by atoms with Gasteiger partial charge in [-0.05, 0) is 50.3 Å². The van der Waals surface area contributed by atoms with Gasteiger partial charge in [-0.25, -0.2) is 4.79 Å². The first-order valence-corrected chi connectivity index (χ1v) is 7.25. The number of fused-ring (bicyclic) bond motifs is 1. The Labute approximate surface area is 124 Å². The van der Waals surface area contributed by atoms with Crippen LogP contribution in [0.4, 0.5) is 0 Å². The Balaban J connectivity index is 2.30. The molecule has 0 atom stereocenters. The van der Waals surface area contributed by atoms with Crippen molar-refractivity contribution in [3.63, 3.8) is 0 Å². The average Bonchev–Trinajstić information content (AvgIpc) is 2.79. The number of carboxylic acid groups (broad SMARTS) is 1. The molecule has 1 heterocycles. The summed E-state index contributed by atoms with van der Waals surface area (Å²) in [6.07, 6.45) is 3.93. The summed E-state index contributed by atoms with van der Waals surface area (Å²) in [5.41, 5.74) is 4.30. The molecule has 1 aromatic carbocycles. The minimum Gasteiger partial charge on any atom is -0.495 e. The van der Waals surface area contributed by atoms with Crippen molar-refractivity contribution in [2.75, 3.05) is 7.11 Å². The van der Waals surface area contributed by atoms with Gasteiger partial charge >= 0.3 is 5.97 Å². The number of para-hydroxylation sites is 2. The van der Waals surface area contributed by atoms with E-state index in [4.69, 9.17) is 4.74 Å². The van der Waals surface area contributed by atoms with E-state index >= 15 is 0 Å². The quantitative estimate of drug-likeness (QED) is 0.940. The first-order chi connectivity index (χ1) is 10.1. The van der Waals surface area contributed by atoms with Gasteiger partial charge in [-0.1, -0.05) is 12.1 Å². The lowest BCUT2D eigenvalue weighted by atomic mass is 9.94. The van der Waals surface area contributed by atoms with E-state index in [0.717, 1.165) is 54.1 Å². The van der Waals surface area contributed by atoms with Crippen molar-refractivity contribution in [1.29, 1.82) is 0 Å². The lowest BCUT2D eigenvalue weighted by molar-refractivity contribution is 0.0695. The predicted octanol–water partition coefficient (Wildman–Crippen LogP) is 3.37. The van der Waals surface area contributed by atoms with Crippen LogP contribution in [-0.4, -0.2) is 22.8 Å². The molecule has 1 N–H and O–H groups in total. The third kappa shape index (κ3) is 2.11. The molecule has 21 heavy (non-hydrogen) atoms. The zero-order chi connectivity index (χ0) is 15.0. The lowest BCUT2D eigenvalue weighted by Crippen LogP contribution is -2.09. The molecule has 4 heteroatoms. The molecule has 0 amide bonds. The highest BCUT2D eigenvalue weighted by Crippen LogP contribution is 2.35. The van der Waals surface area contributed by atoms with Crippen molar-refractivity contribution >= 4 is 5.97 Å². The molecule has 0 unspecified atom stereocenters.